The van der Waals surface area contributed by atoms with Crippen LogP contribution in [0.4, 0.5) is 11.4 Å². The molecule has 0 aromatic heterocycles. The lowest BCUT2D eigenvalue weighted by Gasteiger charge is -2.07. The Bertz CT molecular complexity index is 480. The summed E-state index contributed by atoms with van der Waals surface area (Å²) in [5.74, 6) is 2.21. The number of hydrogen-bond donors (Lipinski definition) is 2. The molecule has 0 fully saturated rings. The summed E-state index contributed by atoms with van der Waals surface area (Å²) in [7, 11) is 1.55. The van der Waals surface area contributed by atoms with Crippen LogP contribution in [0.3, 0.4) is 0 Å². The van der Waals surface area contributed by atoms with Gasteiger partial charge in [0.2, 0.25) is 11.6 Å². The van der Waals surface area contributed by atoms with Crippen LogP contribution in [0.2, 0.25) is 0 Å². The zero-order valence-corrected chi connectivity index (χ0v) is 8.87. The Labute approximate surface area is 94.5 Å². The molecule has 0 atom stereocenters. The Morgan fingerprint density at radius 1 is 1.62 bits per heavy atom. The van der Waals surface area contributed by atoms with Crippen LogP contribution < -0.4 is 10.6 Å². The van der Waals surface area contributed by atoms with Crippen molar-refractivity contribution >= 4 is 17.3 Å². The lowest BCUT2D eigenvalue weighted by Crippen LogP contribution is -2.17. The number of nitrogens with one attached hydrogen (secondary N) is 2. The summed E-state index contributed by atoms with van der Waals surface area (Å²) in [6.07, 6.45) is 5.11. The van der Waals surface area contributed by atoms with Gasteiger partial charge in [0.05, 0.1) is 13.1 Å². The molecule has 16 heavy (non-hydrogen) atoms. The first kappa shape index (κ1) is 11.6. The molecule has 1 aromatic rings. The average Bonchev–Trinajstić information content (AvgIpc) is 2.35. The Kier molecular flexibility index (Phi) is 3.94. The summed E-state index contributed by atoms with van der Waals surface area (Å²) >= 11 is 0. The molecule has 0 bridgehead atoms. The topological polar surface area (TPSA) is 45.5 Å². The molecule has 0 saturated heterocycles. The van der Waals surface area contributed by atoms with Crippen molar-refractivity contribution in [2.45, 2.75) is 0 Å². The van der Waals surface area contributed by atoms with Crippen molar-refractivity contribution in [1.29, 1.82) is 0 Å². The fraction of sp³-hybridized carbons (Fsp3) is 0.167. The third kappa shape index (κ3) is 2.52. The number of terminal acetylenes is 1. The molecular weight excluding hydrogens is 202 g/mol. The van der Waals surface area contributed by atoms with E-state index in [-0.39, 0.29) is 5.91 Å². The molecule has 4 heteroatoms. The predicted octanol–water partition coefficient (Wildman–Crippen LogP) is 1.64. The third-order valence-corrected chi connectivity index (χ3v) is 1.99. The first-order valence-corrected chi connectivity index (χ1v) is 4.64. The van der Waals surface area contributed by atoms with E-state index in [1.54, 1.807) is 19.2 Å². The van der Waals surface area contributed by atoms with E-state index in [2.05, 4.69) is 21.4 Å². The van der Waals surface area contributed by atoms with E-state index in [1.165, 1.54) is 6.07 Å². The van der Waals surface area contributed by atoms with Crippen LogP contribution in [0, 0.1) is 18.9 Å². The van der Waals surface area contributed by atoms with Gasteiger partial charge in [0.15, 0.2) is 0 Å². The highest BCUT2D eigenvalue weighted by atomic mass is 16.1. The number of hydrogen-bond acceptors (Lipinski definition) is 2. The molecule has 2 N–H and O–H groups in total. The summed E-state index contributed by atoms with van der Waals surface area (Å²) in [5, 5.41) is 5.42. The van der Waals surface area contributed by atoms with Gasteiger partial charge in [-0.3, -0.25) is 4.79 Å². The van der Waals surface area contributed by atoms with Gasteiger partial charge in [-0.05, 0) is 12.1 Å². The molecule has 0 aliphatic heterocycles. The number of rotatable bonds is 3. The molecule has 4 nitrogen and oxygen atoms in total. The smallest absolute Gasteiger partial charge is 0.249 e. The Morgan fingerprint density at radius 2 is 2.38 bits per heavy atom. The molecule has 1 aromatic carbocycles. The number of nitrogens with zero attached hydrogens (tertiary/aromatic N) is 1. The van der Waals surface area contributed by atoms with Gasteiger partial charge in [-0.25, -0.2) is 4.85 Å². The van der Waals surface area contributed by atoms with Gasteiger partial charge < -0.3 is 10.6 Å². The lowest BCUT2D eigenvalue weighted by atomic mass is 10.1. The highest BCUT2D eigenvalue weighted by molar-refractivity contribution is 5.96. The van der Waals surface area contributed by atoms with Crippen molar-refractivity contribution in [2.75, 3.05) is 18.9 Å². The fourth-order valence-corrected chi connectivity index (χ4v) is 1.21. The van der Waals surface area contributed by atoms with Gasteiger partial charge in [0.25, 0.3) is 0 Å². The van der Waals surface area contributed by atoms with Crippen LogP contribution in [0.25, 0.3) is 4.85 Å². The highest BCUT2D eigenvalue weighted by Gasteiger charge is 2.07. The Hall–Kier alpha value is -2.46. The van der Waals surface area contributed by atoms with E-state index in [0.29, 0.717) is 23.5 Å². The number of carbonyl (C=O) groups excluding carboxylic acids is 1. The average molecular weight is 213 g/mol. The van der Waals surface area contributed by atoms with E-state index in [0.717, 1.165) is 0 Å². The summed E-state index contributed by atoms with van der Waals surface area (Å²) < 4.78 is 0. The molecule has 1 rings (SSSR count). The molecule has 0 radical (unpaired) electrons. The second kappa shape index (κ2) is 5.43. The number of carbonyl (C=O) groups is 1. The van der Waals surface area contributed by atoms with Crippen LogP contribution in [0.1, 0.15) is 10.4 Å². The summed E-state index contributed by atoms with van der Waals surface area (Å²) in [4.78, 5) is 14.7. The second-order valence-electron chi connectivity index (χ2n) is 2.98. The van der Waals surface area contributed by atoms with Crippen LogP contribution >= 0.6 is 0 Å². The maximum atomic E-state index is 11.3. The molecular formula is C12H11N3O. The third-order valence-electron chi connectivity index (χ3n) is 1.99. The fourth-order valence-electron chi connectivity index (χ4n) is 1.21. The zero-order valence-electron chi connectivity index (χ0n) is 8.87. The van der Waals surface area contributed by atoms with E-state index >= 15 is 0 Å². The van der Waals surface area contributed by atoms with Crippen molar-refractivity contribution in [3.63, 3.8) is 0 Å². The zero-order chi connectivity index (χ0) is 12.0. The summed E-state index contributed by atoms with van der Waals surface area (Å²) in [6, 6.07) is 4.85. The van der Waals surface area contributed by atoms with Crippen molar-refractivity contribution in [1.82, 2.24) is 5.32 Å². The van der Waals surface area contributed by atoms with Crippen LogP contribution in [0.5, 0.6) is 0 Å². The molecule has 0 heterocycles. The predicted molar refractivity (Wildman–Crippen MR) is 63.4 cm³/mol. The highest BCUT2D eigenvalue weighted by Crippen LogP contribution is 2.26. The molecule has 1 amide bonds. The lowest BCUT2D eigenvalue weighted by molar-refractivity contribution is 0.0963. The van der Waals surface area contributed by atoms with Crippen LogP contribution in [-0.4, -0.2) is 19.5 Å². The molecule has 80 valence electrons. The molecule has 0 aliphatic rings. The molecule has 0 saturated carbocycles. The minimum absolute atomic E-state index is 0.214. The maximum Gasteiger partial charge on any atom is 0.249 e. The Morgan fingerprint density at radius 3 is 2.94 bits per heavy atom. The number of benzene rings is 1. The molecule has 0 aliphatic carbocycles. The molecule has 0 spiro atoms. The molecule has 0 unspecified atom stereocenters. The van der Waals surface area contributed by atoms with Crippen molar-refractivity contribution in [3.05, 3.63) is 35.2 Å². The normalized spacial score (nSPS) is 8.69. The first-order valence-electron chi connectivity index (χ1n) is 4.64. The minimum atomic E-state index is -0.214. The van der Waals surface area contributed by atoms with Gasteiger partial charge >= 0.3 is 0 Å². The van der Waals surface area contributed by atoms with E-state index in [4.69, 9.17) is 13.0 Å². The van der Waals surface area contributed by atoms with E-state index in [9.17, 15) is 4.79 Å². The van der Waals surface area contributed by atoms with Crippen LogP contribution in [0.15, 0.2) is 18.2 Å². The summed E-state index contributed by atoms with van der Waals surface area (Å²) in [5.41, 5.74) is 1.48. The van der Waals surface area contributed by atoms with Crippen molar-refractivity contribution in [2.24, 2.45) is 0 Å². The van der Waals surface area contributed by atoms with Crippen LogP contribution in [-0.2, 0) is 0 Å². The SMILES string of the molecule is [C-]#[N+]c1cc(C(=O)NC)ccc1NCC#C. The minimum Gasteiger partial charge on any atom is -0.383 e. The monoisotopic (exact) mass is 213 g/mol. The summed E-state index contributed by atoms with van der Waals surface area (Å²) in [6.45, 7) is 7.37. The van der Waals surface area contributed by atoms with E-state index in [1.807, 2.05) is 0 Å². The van der Waals surface area contributed by atoms with Gasteiger partial charge in [-0.1, -0.05) is 12.0 Å². The second-order valence-corrected chi connectivity index (χ2v) is 2.98. The van der Waals surface area contributed by atoms with Gasteiger partial charge in [0.1, 0.15) is 0 Å². The van der Waals surface area contributed by atoms with E-state index < -0.39 is 0 Å². The maximum absolute atomic E-state index is 11.3. The number of amides is 1. The first-order chi connectivity index (χ1) is 7.72. The van der Waals surface area contributed by atoms with Crippen molar-refractivity contribution < 1.29 is 4.79 Å². The quantitative estimate of drug-likeness (QED) is 0.592. The van der Waals surface area contributed by atoms with Gasteiger partial charge in [-0.2, -0.15) is 0 Å². The van der Waals surface area contributed by atoms with Crippen molar-refractivity contribution in [3.8, 4) is 12.3 Å². The largest absolute Gasteiger partial charge is 0.383 e. The van der Waals surface area contributed by atoms with Gasteiger partial charge in [0, 0.05) is 18.3 Å². The number of anilines is 1. The standard InChI is InChI=1S/C12H11N3O/c1-4-7-15-10-6-5-9(12(16)14-3)8-11(10)13-2/h1,5-6,8,15H,7H2,3H3,(H,14,16). The van der Waals surface area contributed by atoms with Gasteiger partial charge in [-0.15, -0.1) is 6.42 Å². The Balaban J connectivity index is 3.04.